The molecule has 220 valence electrons. The Labute approximate surface area is 249 Å². The highest BCUT2D eigenvalue weighted by molar-refractivity contribution is 5.97. The van der Waals surface area contributed by atoms with Crippen molar-refractivity contribution in [2.24, 2.45) is 5.41 Å². The molecule has 4 heterocycles. The van der Waals surface area contributed by atoms with E-state index >= 15 is 4.39 Å². The van der Waals surface area contributed by atoms with E-state index in [1.165, 1.54) is 6.07 Å². The van der Waals surface area contributed by atoms with E-state index in [0.717, 1.165) is 25.7 Å². The molecule has 0 spiro atoms. The van der Waals surface area contributed by atoms with Crippen molar-refractivity contribution >= 4 is 17.2 Å². The van der Waals surface area contributed by atoms with Crippen LogP contribution in [0.1, 0.15) is 44.3 Å². The van der Waals surface area contributed by atoms with Gasteiger partial charge in [0, 0.05) is 56.2 Å². The van der Waals surface area contributed by atoms with Crippen molar-refractivity contribution in [3.05, 3.63) is 84.2 Å². The molecule has 2 aromatic carbocycles. The third-order valence-corrected chi connectivity index (χ3v) is 8.34. The highest BCUT2D eigenvalue weighted by atomic mass is 19.1. The van der Waals surface area contributed by atoms with Gasteiger partial charge in [0.05, 0.1) is 0 Å². The Kier molecular flexibility index (Phi) is 7.82. The van der Waals surface area contributed by atoms with Crippen LogP contribution in [0.4, 0.5) is 10.2 Å². The number of carbonyl (C=O) groups is 1. The van der Waals surface area contributed by atoms with Crippen LogP contribution in [-0.2, 0) is 9.53 Å². The lowest BCUT2D eigenvalue weighted by atomic mass is 9.80. The van der Waals surface area contributed by atoms with Crippen molar-refractivity contribution in [1.29, 1.82) is 5.26 Å². The number of nitrogens with zero attached hydrogens (tertiary/aromatic N) is 5. The van der Waals surface area contributed by atoms with Gasteiger partial charge in [-0.3, -0.25) is 9.20 Å². The van der Waals surface area contributed by atoms with Gasteiger partial charge in [-0.25, -0.2) is 14.4 Å². The van der Waals surface area contributed by atoms with Crippen LogP contribution in [0, 0.1) is 22.6 Å². The fraction of sp³-hybridized carbons (Fsp3) is 0.333. The lowest BCUT2D eigenvalue weighted by Crippen LogP contribution is -2.40. The van der Waals surface area contributed by atoms with Crippen LogP contribution in [0.5, 0.6) is 11.5 Å². The molecule has 1 atom stereocenters. The van der Waals surface area contributed by atoms with E-state index < -0.39 is 5.82 Å². The zero-order valence-corrected chi connectivity index (χ0v) is 24.0. The fourth-order valence-electron chi connectivity index (χ4n) is 5.95. The van der Waals surface area contributed by atoms with Crippen LogP contribution in [0.25, 0.3) is 16.8 Å². The number of benzene rings is 2. The van der Waals surface area contributed by atoms with Gasteiger partial charge in [0.2, 0.25) is 0 Å². The maximum absolute atomic E-state index is 15.6. The molecule has 1 amide bonds. The molecule has 6 rings (SSSR count). The number of nitrogens with two attached hydrogens (primary N) is 1. The predicted octanol–water partition coefficient (Wildman–Crippen LogP) is 5.88. The van der Waals surface area contributed by atoms with E-state index in [9.17, 15) is 10.1 Å². The van der Waals surface area contributed by atoms with Crippen LogP contribution in [-0.4, -0.2) is 51.5 Å². The van der Waals surface area contributed by atoms with Gasteiger partial charge in [-0.05, 0) is 55.4 Å². The largest absolute Gasteiger partial charge is 0.457 e. The van der Waals surface area contributed by atoms with E-state index in [1.54, 1.807) is 41.6 Å². The minimum atomic E-state index is -0.505. The van der Waals surface area contributed by atoms with Gasteiger partial charge < -0.3 is 20.1 Å². The second-order valence-electron chi connectivity index (χ2n) is 11.4. The van der Waals surface area contributed by atoms with Crippen LogP contribution in [0.15, 0.2) is 72.6 Å². The van der Waals surface area contributed by atoms with Crippen molar-refractivity contribution in [2.75, 3.05) is 32.0 Å². The quantitative estimate of drug-likeness (QED) is 0.223. The minimum Gasteiger partial charge on any atom is -0.457 e. The first kappa shape index (κ1) is 28.4. The number of nitrogen functional groups attached to an aromatic ring is 1. The molecule has 0 unspecified atom stereocenters. The number of allylic oxidation sites excluding steroid dienone is 1. The maximum Gasteiger partial charge on any atom is 0.264 e. The fourth-order valence-corrected chi connectivity index (χ4v) is 5.95. The number of halogens is 1. The van der Waals surface area contributed by atoms with Crippen molar-refractivity contribution in [3.8, 4) is 28.8 Å². The number of imidazole rings is 1. The summed E-state index contributed by atoms with van der Waals surface area (Å²) in [6, 6.07) is 16.0. The van der Waals surface area contributed by atoms with Crippen molar-refractivity contribution in [1.82, 2.24) is 19.3 Å². The Morgan fingerprint density at radius 1 is 1.21 bits per heavy atom. The normalized spacial score (nSPS) is 18.8. The summed E-state index contributed by atoms with van der Waals surface area (Å²) in [5.74, 6) is 0.924. The van der Waals surface area contributed by atoms with Crippen molar-refractivity contribution in [3.63, 3.8) is 0 Å². The van der Waals surface area contributed by atoms with Gasteiger partial charge in [0.1, 0.15) is 51.8 Å². The Hall–Kier alpha value is -4.75. The van der Waals surface area contributed by atoms with E-state index in [1.807, 2.05) is 28.7 Å². The molecule has 4 aromatic rings. The molecular formula is C33H33FN6O3. The molecule has 0 bridgehead atoms. The zero-order valence-electron chi connectivity index (χ0n) is 24.0. The monoisotopic (exact) mass is 580 g/mol. The molecule has 2 aliphatic rings. The maximum atomic E-state index is 15.6. The summed E-state index contributed by atoms with van der Waals surface area (Å²) in [5, 5.41) is 9.91. The lowest BCUT2D eigenvalue weighted by molar-refractivity contribution is -0.128. The molecule has 43 heavy (non-hydrogen) atoms. The summed E-state index contributed by atoms with van der Waals surface area (Å²) in [4.78, 5) is 24.4. The second-order valence-corrected chi connectivity index (χ2v) is 11.4. The number of aromatic nitrogens is 3. The number of anilines is 1. The minimum absolute atomic E-state index is 0.150. The molecule has 2 aliphatic heterocycles. The van der Waals surface area contributed by atoms with E-state index in [2.05, 4.69) is 18.0 Å². The van der Waals surface area contributed by atoms with Crippen molar-refractivity contribution < 1.29 is 18.7 Å². The van der Waals surface area contributed by atoms with Gasteiger partial charge >= 0.3 is 0 Å². The molecular weight excluding hydrogens is 547 g/mol. The summed E-state index contributed by atoms with van der Waals surface area (Å²) >= 11 is 0. The number of nitriles is 1. The SMILES string of the molecule is CC1(C=C(C#N)C(=O)N2CCC[C@@H](c3nc(-c4ccc(Oc5ccccc5)cc4F)c4c(N)nccn34)C2)CCOCC1. The number of carbonyl (C=O) groups excluding carboxylic acids is 1. The average Bonchev–Trinajstić information content (AvgIpc) is 3.41. The molecule has 2 N–H and O–H groups in total. The van der Waals surface area contributed by atoms with Crippen LogP contribution in [0.2, 0.25) is 0 Å². The Morgan fingerprint density at radius 3 is 2.74 bits per heavy atom. The van der Waals surface area contributed by atoms with Crippen molar-refractivity contribution in [2.45, 2.75) is 38.5 Å². The van der Waals surface area contributed by atoms with Gasteiger partial charge in [0.25, 0.3) is 5.91 Å². The number of para-hydroxylation sites is 1. The highest BCUT2D eigenvalue weighted by Gasteiger charge is 2.33. The topological polar surface area (TPSA) is 119 Å². The summed E-state index contributed by atoms with van der Waals surface area (Å²) < 4.78 is 28.7. The Balaban J connectivity index is 1.30. The molecule has 0 saturated carbocycles. The number of amides is 1. The number of hydrogen-bond acceptors (Lipinski definition) is 7. The number of likely N-dealkylation sites (tertiary alicyclic amines) is 1. The molecule has 2 aromatic heterocycles. The summed E-state index contributed by atoms with van der Waals surface area (Å²) in [6.45, 7) is 4.22. The van der Waals surface area contributed by atoms with Gasteiger partial charge in [-0.2, -0.15) is 5.26 Å². The zero-order chi connectivity index (χ0) is 30.0. The van der Waals surface area contributed by atoms with Crippen LogP contribution in [0.3, 0.4) is 0 Å². The average molecular weight is 581 g/mol. The number of ether oxygens (including phenoxy) is 2. The first-order chi connectivity index (χ1) is 20.8. The summed E-state index contributed by atoms with van der Waals surface area (Å²) in [5.41, 5.74) is 7.37. The number of piperidine rings is 1. The number of rotatable bonds is 6. The third-order valence-electron chi connectivity index (χ3n) is 8.34. The molecule has 0 aliphatic carbocycles. The molecule has 9 nitrogen and oxygen atoms in total. The standard InChI is InChI=1S/C33H33FN6O3/c1-33(11-16-42-17-12-33)19-23(20-35)32(41)39-14-5-6-22(21-39)31-38-28(29-30(36)37-13-15-40(29)31)26-10-9-25(18-27(26)34)43-24-7-3-2-4-8-24/h2-4,7-10,13,15,18-19,22H,5-6,11-12,14,16-17,21H2,1H3,(H2,36,37)/t22-/m1/s1. The van der Waals surface area contributed by atoms with Gasteiger partial charge in [-0.1, -0.05) is 31.2 Å². The molecule has 2 saturated heterocycles. The third kappa shape index (κ3) is 5.81. The van der Waals surface area contributed by atoms with Gasteiger partial charge in [-0.15, -0.1) is 0 Å². The van der Waals surface area contributed by atoms with Gasteiger partial charge in [0.15, 0.2) is 0 Å². The second kappa shape index (κ2) is 11.9. The predicted molar refractivity (Wildman–Crippen MR) is 160 cm³/mol. The first-order valence-electron chi connectivity index (χ1n) is 14.5. The number of fused-ring (bicyclic) bond motifs is 1. The summed E-state index contributed by atoms with van der Waals surface area (Å²) in [6.07, 6.45) is 8.22. The Morgan fingerprint density at radius 2 is 2.00 bits per heavy atom. The smallest absolute Gasteiger partial charge is 0.264 e. The highest BCUT2D eigenvalue weighted by Crippen LogP contribution is 2.37. The van der Waals surface area contributed by atoms with E-state index in [4.69, 9.17) is 20.2 Å². The van der Waals surface area contributed by atoms with E-state index in [-0.39, 0.29) is 34.2 Å². The molecule has 2 fully saturated rings. The molecule has 10 heteroatoms. The Bertz CT molecular complexity index is 1720. The van der Waals surface area contributed by atoms with Crippen LogP contribution < -0.4 is 10.5 Å². The lowest BCUT2D eigenvalue weighted by Gasteiger charge is -2.34. The first-order valence-corrected chi connectivity index (χ1v) is 14.5. The van der Waals surface area contributed by atoms with Crippen LogP contribution >= 0.6 is 0 Å². The number of hydrogen-bond donors (Lipinski definition) is 1. The summed E-state index contributed by atoms with van der Waals surface area (Å²) in [7, 11) is 0. The van der Waals surface area contributed by atoms with E-state index in [0.29, 0.717) is 54.8 Å². The molecule has 0 radical (unpaired) electrons.